The molecule has 0 aromatic carbocycles. The third-order valence-electron chi connectivity index (χ3n) is 0.686. The van der Waals surface area contributed by atoms with Gasteiger partial charge in [0, 0.05) is 5.38 Å². The van der Waals surface area contributed by atoms with Crippen LogP contribution < -0.4 is 0 Å². The monoisotopic (exact) mass is 223 g/mol. The molecule has 1 N–H and O–H groups in total. The number of aliphatic hydroxyl groups excluding tert-OH is 1. The van der Waals surface area contributed by atoms with Crippen molar-refractivity contribution in [3.8, 4) is 0 Å². The highest BCUT2D eigenvalue weighted by Crippen LogP contribution is 2.15. The standard InChI is InChI=1S/C4H4BrNOS.C2H6/c5-4-6-3(1-7)2-8-4;1-2/h2,7H,1H2;1-2H3. The maximum absolute atomic E-state index is 8.47. The van der Waals surface area contributed by atoms with Crippen molar-refractivity contribution in [3.05, 3.63) is 15.0 Å². The van der Waals surface area contributed by atoms with Crippen LogP contribution in [0.2, 0.25) is 0 Å². The molecular weight excluding hydrogens is 214 g/mol. The minimum absolute atomic E-state index is 0.0299. The molecule has 0 aliphatic carbocycles. The average Bonchev–Trinajstić information content (AvgIpc) is 2.40. The van der Waals surface area contributed by atoms with E-state index in [0.717, 1.165) is 9.61 Å². The summed E-state index contributed by atoms with van der Waals surface area (Å²) in [6, 6.07) is 0. The predicted molar refractivity (Wildman–Crippen MR) is 47.1 cm³/mol. The van der Waals surface area contributed by atoms with E-state index in [1.807, 2.05) is 19.2 Å². The van der Waals surface area contributed by atoms with Crippen molar-refractivity contribution >= 4 is 27.3 Å². The van der Waals surface area contributed by atoms with Gasteiger partial charge in [-0.05, 0) is 15.9 Å². The van der Waals surface area contributed by atoms with Crippen LogP contribution in [0.3, 0.4) is 0 Å². The molecule has 0 fully saturated rings. The predicted octanol–water partition coefficient (Wildman–Crippen LogP) is 2.42. The lowest BCUT2D eigenvalue weighted by atomic mass is 10.5. The van der Waals surface area contributed by atoms with Crippen molar-refractivity contribution in [1.82, 2.24) is 4.98 Å². The van der Waals surface area contributed by atoms with E-state index in [4.69, 9.17) is 5.11 Å². The maximum Gasteiger partial charge on any atom is 0.159 e. The zero-order chi connectivity index (χ0) is 7.98. The summed E-state index contributed by atoms with van der Waals surface area (Å²) in [5.74, 6) is 0. The molecular formula is C6H10BrNOS. The summed E-state index contributed by atoms with van der Waals surface area (Å²) >= 11 is 4.64. The summed E-state index contributed by atoms with van der Waals surface area (Å²) in [6.45, 7) is 4.03. The molecule has 0 unspecified atom stereocenters. The van der Waals surface area contributed by atoms with E-state index in [-0.39, 0.29) is 6.61 Å². The number of aliphatic hydroxyl groups is 1. The molecule has 0 atom stereocenters. The molecule has 58 valence electrons. The summed E-state index contributed by atoms with van der Waals surface area (Å²) in [5.41, 5.74) is 0.724. The largest absolute Gasteiger partial charge is 0.390 e. The molecule has 0 bridgehead atoms. The lowest BCUT2D eigenvalue weighted by Crippen LogP contribution is -1.78. The zero-order valence-electron chi connectivity index (χ0n) is 5.97. The first-order valence-electron chi connectivity index (χ1n) is 3.03. The van der Waals surface area contributed by atoms with Gasteiger partial charge in [0.15, 0.2) is 3.92 Å². The van der Waals surface area contributed by atoms with Crippen LogP contribution >= 0.6 is 27.3 Å². The Bertz CT molecular complexity index is 178. The van der Waals surface area contributed by atoms with Crippen LogP contribution in [-0.2, 0) is 6.61 Å². The Kier molecular flexibility index (Phi) is 5.87. The molecule has 1 aromatic heterocycles. The Morgan fingerprint density at radius 3 is 2.50 bits per heavy atom. The molecule has 1 heterocycles. The third-order valence-corrected chi connectivity index (χ3v) is 2.10. The first-order chi connectivity index (χ1) is 4.83. The Balaban J connectivity index is 0.000000371. The molecule has 0 amide bonds. The fourth-order valence-electron chi connectivity index (χ4n) is 0.355. The quantitative estimate of drug-likeness (QED) is 0.794. The highest BCUT2D eigenvalue weighted by atomic mass is 79.9. The maximum atomic E-state index is 8.47. The molecule has 0 saturated carbocycles. The van der Waals surface area contributed by atoms with Crippen LogP contribution in [0.1, 0.15) is 19.5 Å². The molecule has 1 aromatic rings. The van der Waals surface area contributed by atoms with E-state index < -0.39 is 0 Å². The van der Waals surface area contributed by atoms with Crippen molar-refractivity contribution in [2.24, 2.45) is 0 Å². The van der Waals surface area contributed by atoms with E-state index in [0.29, 0.717) is 0 Å². The molecule has 1 rings (SSSR count). The van der Waals surface area contributed by atoms with Crippen molar-refractivity contribution in [1.29, 1.82) is 0 Å². The zero-order valence-corrected chi connectivity index (χ0v) is 8.37. The molecule has 0 saturated heterocycles. The summed E-state index contributed by atoms with van der Waals surface area (Å²) < 4.78 is 0.821. The number of nitrogens with zero attached hydrogens (tertiary/aromatic N) is 1. The van der Waals surface area contributed by atoms with E-state index in [1.165, 1.54) is 11.3 Å². The number of rotatable bonds is 1. The lowest BCUT2D eigenvalue weighted by molar-refractivity contribution is 0.277. The summed E-state index contributed by atoms with van der Waals surface area (Å²) in [6.07, 6.45) is 0. The molecule has 0 aliphatic heterocycles. The van der Waals surface area contributed by atoms with Gasteiger partial charge in [0.05, 0.1) is 12.3 Å². The van der Waals surface area contributed by atoms with Gasteiger partial charge in [0.1, 0.15) is 0 Å². The van der Waals surface area contributed by atoms with Gasteiger partial charge in [0.2, 0.25) is 0 Å². The Morgan fingerprint density at radius 2 is 2.30 bits per heavy atom. The van der Waals surface area contributed by atoms with Crippen molar-refractivity contribution in [3.63, 3.8) is 0 Å². The lowest BCUT2D eigenvalue weighted by Gasteiger charge is -1.78. The third kappa shape index (κ3) is 3.29. The highest BCUT2D eigenvalue weighted by molar-refractivity contribution is 9.11. The number of thiazole rings is 1. The van der Waals surface area contributed by atoms with Gasteiger partial charge < -0.3 is 5.11 Å². The fraction of sp³-hybridized carbons (Fsp3) is 0.500. The van der Waals surface area contributed by atoms with Crippen molar-refractivity contribution in [2.75, 3.05) is 0 Å². The van der Waals surface area contributed by atoms with Gasteiger partial charge in [-0.3, -0.25) is 0 Å². The van der Waals surface area contributed by atoms with Crippen LogP contribution in [0.5, 0.6) is 0 Å². The Labute approximate surface area is 73.1 Å². The van der Waals surface area contributed by atoms with E-state index in [2.05, 4.69) is 20.9 Å². The molecule has 0 aliphatic rings. The molecule has 0 spiro atoms. The minimum atomic E-state index is 0.0299. The number of aromatic nitrogens is 1. The molecule has 0 radical (unpaired) electrons. The van der Waals surface area contributed by atoms with Crippen LogP contribution in [-0.4, -0.2) is 10.1 Å². The van der Waals surface area contributed by atoms with Gasteiger partial charge in [0.25, 0.3) is 0 Å². The second kappa shape index (κ2) is 5.82. The number of hydrogen-bond acceptors (Lipinski definition) is 3. The summed E-state index contributed by atoms with van der Waals surface area (Å²) in [5, 5.41) is 10.3. The Hall–Kier alpha value is 0.0700. The number of halogens is 1. The average molecular weight is 224 g/mol. The summed E-state index contributed by atoms with van der Waals surface area (Å²) in [7, 11) is 0. The summed E-state index contributed by atoms with van der Waals surface area (Å²) in [4.78, 5) is 3.91. The van der Waals surface area contributed by atoms with E-state index in [1.54, 1.807) is 0 Å². The van der Waals surface area contributed by atoms with Crippen LogP contribution in [0.25, 0.3) is 0 Å². The molecule has 2 nitrogen and oxygen atoms in total. The topological polar surface area (TPSA) is 33.1 Å². The SMILES string of the molecule is CC.OCc1csc(Br)n1. The minimum Gasteiger partial charge on any atom is -0.390 e. The second-order valence-corrected chi connectivity index (χ2v) is 3.38. The van der Waals surface area contributed by atoms with Crippen LogP contribution in [0.15, 0.2) is 9.30 Å². The first kappa shape index (κ1) is 10.1. The van der Waals surface area contributed by atoms with Gasteiger partial charge >= 0.3 is 0 Å². The van der Waals surface area contributed by atoms with Crippen LogP contribution in [0, 0.1) is 0 Å². The van der Waals surface area contributed by atoms with E-state index >= 15 is 0 Å². The van der Waals surface area contributed by atoms with Crippen molar-refractivity contribution in [2.45, 2.75) is 20.5 Å². The van der Waals surface area contributed by atoms with E-state index in [9.17, 15) is 0 Å². The molecule has 4 heteroatoms. The van der Waals surface area contributed by atoms with Crippen LogP contribution in [0.4, 0.5) is 0 Å². The first-order valence-corrected chi connectivity index (χ1v) is 4.71. The van der Waals surface area contributed by atoms with Gasteiger partial charge in [-0.2, -0.15) is 0 Å². The normalized spacial score (nSPS) is 8.40. The van der Waals surface area contributed by atoms with Crippen molar-refractivity contribution < 1.29 is 5.11 Å². The van der Waals surface area contributed by atoms with Gasteiger partial charge in [-0.25, -0.2) is 4.98 Å². The highest BCUT2D eigenvalue weighted by Gasteiger charge is 1.93. The smallest absolute Gasteiger partial charge is 0.159 e. The van der Waals surface area contributed by atoms with Gasteiger partial charge in [-0.1, -0.05) is 13.8 Å². The fourth-order valence-corrected chi connectivity index (χ4v) is 1.39. The second-order valence-electron chi connectivity index (χ2n) is 1.25. The van der Waals surface area contributed by atoms with Gasteiger partial charge in [-0.15, -0.1) is 11.3 Å². The molecule has 10 heavy (non-hydrogen) atoms. The Morgan fingerprint density at radius 1 is 1.70 bits per heavy atom. The number of hydrogen-bond donors (Lipinski definition) is 1.